The van der Waals surface area contributed by atoms with Crippen LogP contribution in [0, 0.1) is 17.9 Å². The van der Waals surface area contributed by atoms with Crippen molar-refractivity contribution in [2.75, 3.05) is 19.6 Å². The van der Waals surface area contributed by atoms with Gasteiger partial charge in [0.1, 0.15) is 6.07 Å². The van der Waals surface area contributed by atoms with Crippen LogP contribution in [0.15, 0.2) is 290 Å². The molecule has 0 amide bonds. The summed E-state index contributed by atoms with van der Waals surface area (Å²) in [6.07, 6.45) is 0. The van der Waals surface area contributed by atoms with Crippen molar-refractivity contribution in [1.29, 1.82) is 5.26 Å². The zero-order valence-electron chi connectivity index (χ0n) is 90.9. The Kier molecular flexibility index (Phi) is 4.85. The van der Waals surface area contributed by atoms with E-state index in [4.69, 9.17) is 17.5 Å². The summed E-state index contributed by atoms with van der Waals surface area (Å²) in [7, 11) is 0. The number of para-hydroxylation sites is 10. The molecule has 0 fully saturated rings. The Labute approximate surface area is 585 Å². The number of fused-ring (bicyclic) bond motifs is 14. The van der Waals surface area contributed by atoms with Crippen LogP contribution in [0.25, 0.3) is 59.8 Å². The molecule has 0 N–H and O–H groups in total. The minimum Gasteiger partial charge on any atom is -0.319 e. The van der Waals surface area contributed by atoms with Gasteiger partial charge in [-0.3, -0.25) is 0 Å². The number of anilines is 12. The van der Waals surface area contributed by atoms with Gasteiger partial charge in [0.2, 0.25) is 5.69 Å². The third-order valence-electron chi connectivity index (χ3n) is 16.1. The molecule has 4 aliphatic rings. The second kappa shape index (κ2) is 19.1. The van der Waals surface area contributed by atoms with E-state index >= 15 is 0 Å². The minimum atomic E-state index is -2.42. The van der Waals surface area contributed by atoms with Crippen molar-refractivity contribution in [3.8, 4) is 17.4 Å². The van der Waals surface area contributed by atoms with Gasteiger partial charge >= 0.3 is 0 Å². The summed E-state index contributed by atoms with van der Waals surface area (Å²) in [6.45, 7) is 3.92. The molecule has 6 heterocycles. The SMILES string of the molecule is [2H]c1c([2H])c([2H])c(N2c3cc4c(cc3B3c5c([2H])c([2H])c([2H])c([2H])c5N(c5c([2H])c([2H])c([2H])c([2H])c5[2H])c5c([2H])c(-n6c7c([2H])c([2H])c([2H])c([2H])c7c7c([2H])c([2H])c([2H])c(C#N)c76)c([2H])c2c53)B2c3c([2H])c([2H])c([2H])c([2H])c3N(c3c([2H])c([2H])c([2H])c([2H])c3[2H])c3c([2H])c(-n5c6c([2H])c([2H])c([2H])c([2H])c6c6c([2H])c([2H])c([2H])c([N+]#[C-])c65)c([2H])c(c32)N4c2c([2H])c([2H])c([2H])c([2H])c2[2H])c([2H])c1[2H]. The molecule has 8 nitrogen and oxygen atoms in total. The molecule has 90 heavy (non-hydrogen) atoms. The highest BCUT2D eigenvalue weighted by Crippen LogP contribution is 2.51. The molecule has 0 aliphatic carbocycles. The maximum Gasteiger partial charge on any atom is 0.252 e. The predicted molar refractivity (Wildman–Crippen MR) is 374 cm³/mol. The minimum absolute atomic E-state index is 0.553. The van der Waals surface area contributed by atoms with Crippen LogP contribution in [-0.4, -0.2) is 22.6 Å². The maximum absolute atomic E-state index is 11.4. The first kappa shape index (κ1) is 22.8. The molecule has 414 valence electrons. The molecule has 2 aromatic heterocycles. The number of rotatable bonds is 6. The van der Waals surface area contributed by atoms with Gasteiger partial charge in [0.25, 0.3) is 13.4 Å². The molecule has 0 saturated heterocycles. The zero-order chi connectivity index (χ0) is 99.3. The lowest BCUT2D eigenvalue weighted by molar-refractivity contribution is 1.15. The van der Waals surface area contributed by atoms with Crippen molar-refractivity contribution in [3.05, 3.63) is 307 Å². The van der Waals surface area contributed by atoms with Crippen LogP contribution in [0.1, 0.15) is 68.6 Å². The van der Waals surface area contributed by atoms with E-state index in [1.807, 2.05) is 0 Å². The number of nitriles is 1. The topological polar surface area (TPSA) is 51.0 Å². The maximum atomic E-state index is 11.4. The normalized spacial score (nSPS) is 20.3. The lowest BCUT2D eigenvalue weighted by Gasteiger charge is -2.47. The molecule has 0 saturated carbocycles. The first-order valence-electron chi connectivity index (χ1n) is 49.8. The largest absolute Gasteiger partial charge is 0.319 e. The molecule has 13 aromatic carbocycles. The number of nitrogens with zero attached hydrogens (tertiary/aromatic N) is 8. The Bertz CT molecular complexity index is 7930. The quantitative estimate of drug-likeness (QED) is 0.123. The van der Waals surface area contributed by atoms with Crippen LogP contribution in [0.2, 0.25) is 0 Å². The van der Waals surface area contributed by atoms with E-state index < -0.39 is 459 Å². The molecular formula is C80H48B2N8. The fourth-order valence-corrected chi connectivity index (χ4v) is 12.8. The summed E-state index contributed by atoms with van der Waals surface area (Å²) < 4.78 is 450. The van der Waals surface area contributed by atoms with Crippen LogP contribution in [0.4, 0.5) is 73.9 Å². The Morgan fingerprint density at radius 1 is 0.333 bits per heavy atom. The van der Waals surface area contributed by atoms with Crippen LogP contribution in [0.3, 0.4) is 0 Å². The predicted octanol–water partition coefficient (Wildman–Crippen LogP) is 16.5. The van der Waals surface area contributed by atoms with Gasteiger partial charge in [-0.25, -0.2) is 4.85 Å². The molecule has 15 aromatic rings. The second-order valence-corrected chi connectivity index (χ2v) is 20.3. The van der Waals surface area contributed by atoms with Gasteiger partial charge in [-0.2, -0.15) is 5.26 Å². The van der Waals surface area contributed by atoms with E-state index in [0.29, 0.717) is 28.7 Å². The third-order valence-corrected chi connectivity index (χ3v) is 16.1. The Hall–Kier alpha value is -12.2. The van der Waals surface area contributed by atoms with Gasteiger partial charge in [0, 0.05) is 91.5 Å². The molecule has 0 radical (unpaired) electrons. The van der Waals surface area contributed by atoms with Crippen molar-refractivity contribution in [3.63, 3.8) is 0 Å². The highest BCUT2D eigenvalue weighted by molar-refractivity contribution is 7.03. The number of hydrogen-bond acceptors (Lipinski definition) is 5. The number of aromatic nitrogens is 2. The monoisotopic (exact) mass is 1190 g/mol. The first-order chi connectivity index (χ1) is 63.8. The fraction of sp³-hybridized carbons (Fsp3) is 0. The van der Waals surface area contributed by atoms with Crippen molar-refractivity contribution in [2.24, 2.45) is 0 Å². The second-order valence-electron chi connectivity index (χ2n) is 20.3. The van der Waals surface area contributed by atoms with Crippen LogP contribution in [-0.2, 0) is 0 Å². The van der Waals surface area contributed by atoms with Gasteiger partial charge in [-0.15, -0.1) is 0 Å². The summed E-state index contributed by atoms with van der Waals surface area (Å²) in [5.74, 6) is 0. The van der Waals surface area contributed by atoms with E-state index in [1.54, 1.807) is 6.07 Å². The average molecular weight is 1190 g/mol. The van der Waals surface area contributed by atoms with Crippen molar-refractivity contribution >= 4 is 164 Å². The summed E-state index contributed by atoms with van der Waals surface area (Å²) in [4.78, 5) is 5.96. The number of benzene rings is 13. The lowest BCUT2D eigenvalue weighted by atomic mass is 9.30. The van der Waals surface area contributed by atoms with E-state index in [2.05, 4.69) is 4.85 Å². The molecule has 4 aliphatic heterocycles. The summed E-state index contributed by atoms with van der Waals surface area (Å²) in [6, 6.07) is -51.3. The standard InChI is InChI=1S/C80H48B2N8/c1-84-66-39-23-36-61-59-34-15-19-41-68(59)90(80(61)66)57-46-74-78-76(47-57)88(55-31-12-5-13-32-55)72-49-71-64(48-65(72)82(78)63-38-17-21-43-70(63)86(74)53-27-8-3-9-28-53)81-62-37-16-20-42-69(62)85(52-25-6-2-7-26-52)73-44-56(45-75(77(73)81)87(71)54-29-10-4-11-30-54)89-67-40-18-14-33-58(67)60-35-22-24-51(50-83)79(60)89/h2-49H/i2D,3D,4D,5D,6D,7D,8D,9D,10D,11D,12D,13D,14D,15D,16D,17D,18D,19D,20D,21D,22D,23D,24D,25D,26D,27D,28D,29D,30D,31D,32D,33D,34D,35D,36D,37D,38D,39D,40D,41D,42D,43D,44D,45D,46D,47D. The highest BCUT2D eigenvalue weighted by atomic mass is 15.2. The molecule has 0 unspecified atom stereocenters. The third kappa shape index (κ3) is 6.90. The van der Waals surface area contributed by atoms with Crippen LogP contribution in [0.5, 0.6) is 0 Å². The van der Waals surface area contributed by atoms with Gasteiger partial charge in [-0.1, -0.05) is 181 Å². The lowest BCUT2D eigenvalue weighted by Crippen LogP contribution is -2.65. The van der Waals surface area contributed by atoms with Gasteiger partial charge in [0.05, 0.1) is 102 Å². The summed E-state index contributed by atoms with van der Waals surface area (Å²) >= 11 is 0. The fourth-order valence-electron chi connectivity index (χ4n) is 12.8. The van der Waals surface area contributed by atoms with Gasteiger partial charge in [0.15, 0.2) is 0 Å². The molecule has 0 spiro atoms. The van der Waals surface area contributed by atoms with Gasteiger partial charge in [-0.05, 0) is 147 Å². The molecule has 10 heteroatoms. The molecular weight excluding hydrogens is 1090 g/mol. The van der Waals surface area contributed by atoms with Crippen molar-refractivity contribution in [1.82, 2.24) is 9.13 Å². The highest BCUT2D eigenvalue weighted by Gasteiger charge is 2.49. The van der Waals surface area contributed by atoms with E-state index in [0.717, 1.165) is 12.1 Å². The first-order valence-corrected chi connectivity index (χ1v) is 26.8. The van der Waals surface area contributed by atoms with E-state index in [9.17, 15) is 57.4 Å². The Morgan fingerprint density at radius 2 is 0.700 bits per heavy atom. The van der Waals surface area contributed by atoms with Crippen molar-refractivity contribution < 1.29 is 63.1 Å². The van der Waals surface area contributed by atoms with Crippen molar-refractivity contribution in [2.45, 2.75) is 0 Å². The average Bonchev–Trinajstić information content (AvgIpc) is 0.775. The Morgan fingerprint density at radius 3 is 1.14 bits per heavy atom. The van der Waals surface area contributed by atoms with Crippen LogP contribution < -0.4 is 52.4 Å². The van der Waals surface area contributed by atoms with E-state index in [1.165, 1.54) is 0 Å². The summed E-state index contributed by atoms with van der Waals surface area (Å²) in [5, 5.41) is 8.39. The van der Waals surface area contributed by atoms with Gasteiger partial charge < -0.3 is 28.7 Å². The van der Waals surface area contributed by atoms with Crippen LogP contribution >= 0.6 is 0 Å². The Balaban J connectivity index is 1.13. The zero-order valence-corrected chi connectivity index (χ0v) is 44.9. The molecule has 19 rings (SSSR count). The number of hydrogen-bond donors (Lipinski definition) is 0. The molecule has 0 bridgehead atoms. The van der Waals surface area contributed by atoms with E-state index in [-0.39, 0.29) is 0 Å². The molecule has 0 atom stereocenters. The summed E-state index contributed by atoms with van der Waals surface area (Å²) in [5.41, 5.74) is -25.4. The smallest absolute Gasteiger partial charge is 0.252 e.